The van der Waals surface area contributed by atoms with Crippen LogP contribution in [0.2, 0.25) is 0 Å². The molecule has 3 rings (SSSR count). The van der Waals surface area contributed by atoms with Gasteiger partial charge in [-0.15, -0.1) is 0 Å². The Balaban J connectivity index is 1.96. The Labute approximate surface area is 134 Å². The Morgan fingerprint density at radius 1 is 1.09 bits per heavy atom. The van der Waals surface area contributed by atoms with Gasteiger partial charge in [-0.2, -0.15) is 0 Å². The van der Waals surface area contributed by atoms with Crippen molar-refractivity contribution in [2.75, 3.05) is 12.4 Å². The van der Waals surface area contributed by atoms with Gasteiger partial charge < -0.3 is 14.5 Å². The maximum atomic E-state index is 11.8. The molecule has 0 saturated carbocycles. The Bertz CT molecular complexity index is 912. The van der Waals surface area contributed by atoms with Gasteiger partial charge >= 0.3 is 5.63 Å². The highest BCUT2D eigenvalue weighted by Gasteiger charge is 2.08. The highest BCUT2D eigenvalue weighted by Crippen LogP contribution is 2.23. The van der Waals surface area contributed by atoms with Crippen LogP contribution in [0, 0.1) is 13.8 Å². The van der Waals surface area contributed by atoms with Gasteiger partial charge in [0.1, 0.15) is 11.3 Å². The Morgan fingerprint density at radius 2 is 1.87 bits per heavy atom. The van der Waals surface area contributed by atoms with E-state index in [1.54, 1.807) is 13.2 Å². The molecule has 2 aromatic carbocycles. The lowest BCUT2D eigenvalue weighted by molar-refractivity contribution is 0.415. The normalized spacial score (nSPS) is 10.7. The molecular formula is C19H19NO3. The van der Waals surface area contributed by atoms with E-state index in [0.717, 1.165) is 28.0 Å². The highest BCUT2D eigenvalue weighted by molar-refractivity contribution is 5.82. The van der Waals surface area contributed by atoms with E-state index in [9.17, 15) is 4.79 Å². The van der Waals surface area contributed by atoms with Gasteiger partial charge in [0.2, 0.25) is 0 Å². The molecule has 3 aromatic rings. The molecule has 0 amide bonds. The molecule has 0 saturated heterocycles. The number of methoxy groups -OCH3 is 1. The predicted molar refractivity (Wildman–Crippen MR) is 92.3 cm³/mol. The number of benzene rings is 2. The van der Waals surface area contributed by atoms with Crippen LogP contribution in [0.25, 0.3) is 11.0 Å². The fourth-order valence-corrected chi connectivity index (χ4v) is 2.56. The number of hydrogen-bond acceptors (Lipinski definition) is 4. The summed E-state index contributed by atoms with van der Waals surface area (Å²) >= 11 is 0. The van der Waals surface area contributed by atoms with Crippen LogP contribution in [0.15, 0.2) is 51.7 Å². The third kappa shape index (κ3) is 3.21. The van der Waals surface area contributed by atoms with Gasteiger partial charge in [-0.25, -0.2) is 4.79 Å². The van der Waals surface area contributed by atoms with Crippen molar-refractivity contribution in [2.24, 2.45) is 0 Å². The average Bonchev–Trinajstić information content (AvgIpc) is 2.54. The molecule has 0 aliphatic carbocycles. The first-order valence-electron chi connectivity index (χ1n) is 7.49. The second kappa shape index (κ2) is 6.16. The number of anilines is 1. The van der Waals surface area contributed by atoms with Crippen molar-refractivity contribution < 1.29 is 9.15 Å². The van der Waals surface area contributed by atoms with Gasteiger partial charge in [0, 0.05) is 29.8 Å². The number of fused-ring (bicyclic) bond motifs is 1. The molecule has 4 nitrogen and oxygen atoms in total. The van der Waals surface area contributed by atoms with Gasteiger partial charge in [0.15, 0.2) is 0 Å². The van der Waals surface area contributed by atoms with Crippen LogP contribution >= 0.6 is 0 Å². The summed E-state index contributed by atoms with van der Waals surface area (Å²) in [6, 6.07) is 13.2. The maximum absolute atomic E-state index is 11.8. The topological polar surface area (TPSA) is 51.5 Å². The van der Waals surface area contributed by atoms with Crippen LogP contribution in [0.5, 0.6) is 5.75 Å². The van der Waals surface area contributed by atoms with Crippen LogP contribution < -0.4 is 15.7 Å². The molecule has 1 N–H and O–H groups in total. The minimum Gasteiger partial charge on any atom is -0.497 e. The second-order valence-corrected chi connectivity index (χ2v) is 5.61. The standard InChI is InChI=1S/C19H19NO3/c1-12-7-17-14(9-19(21)23-18(17)8-13(12)2)11-20-15-5-4-6-16(10-15)22-3/h4-10,20H,11H2,1-3H3. The van der Waals surface area contributed by atoms with E-state index in [4.69, 9.17) is 9.15 Å². The lowest BCUT2D eigenvalue weighted by Crippen LogP contribution is -2.06. The van der Waals surface area contributed by atoms with Crippen LogP contribution in [0.1, 0.15) is 16.7 Å². The summed E-state index contributed by atoms with van der Waals surface area (Å²) in [7, 11) is 1.64. The zero-order valence-corrected chi connectivity index (χ0v) is 13.5. The third-order valence-corrected chi connectivity index (χ3v) is 4.00. The quantitative estimate of drug-likeness (QED) is 0.739. The zero-order chi connectivity index (χ0) is 16.4. The molecule has 118 valence electrons. The van der Waals surface area contributed by atoms with Crippen molar-refractivity contribution >= 4 is 16.7 Å². The van der Waals surface area contributed by atoms with Gasteiger partial charge in [0.05, 0.1) is 7.11 Å². The second-order valence-electron chi connectivity index (χ2n) is 5.61. The summed E-state index contributed by atoms with van der Waals surface area (Å²) in [5.41, 5.74) is 4.44. The summed E-state index contributed by atoms with van der Waals surface area (Å²) in [6.45, 7) is 4.60. The zero-order valence-electron chi connectivity index (χ0n) is 13.5. The largest absolute Gasteiger partial charge is 0.497 e. The van der Waals surface area contributed by atoms with Crippen LogP contribution in [-0.2, 0) is 6.54 Å². The number of nitrogens with one attached hydrogen (secondary N) is 1. The Morgan fingerprint density at radius 3 is 2.65 bits per heavy atom. The molecule has 0 spiro atoms. The Hall–Kier alpha value is -2.75. The molecule has 0 bridgehead atoms. The number of rotatable bonds is 4. The van der Waals surface area contributed by atoms with Crippen molar-refractivity contribution in [3.63, 3.8) is 0 Å². The molecule has 0 fully saturated rings. The predicted octanol–water partition coefficient (Wildman–Crippen LogP) is 4.03. The molecule has 4 heteroatoms. The molecular weight excluding hydrogens is 290 g/mol. The van der Waals surface area contributed by atoms with Crippen molar-refractivity contribution in [3.8, 4) is 5.75 Å². The van der Waals surface area contributed by atoms with Gasteiger partial charge in [-0.05, 0) is 54.8 Å². The fraction of sp³-hybridized carbons (Fsp3) is 0.211. The van der Waals surface area contributed by atoms with Crippen LogP contribution in [-0.4, -0.2) is 7.11 Å². The van der Waals surface area contributed by atoms with Crippen LogP contribution in [0.4, 0.5) is 5.69 Å². The first-order chi connectivity index (χ1) is 11.1. The molecule has 0 radical (unpaired) electrons. The lowest BCUT2D eigenvalue weighted by atomic mass is 10.0. The molecule has 0 atom stereocenters. The summed E-state index contributed by atoms with van der Waals surface area (Å²) in [5.74, 6) is 0.791. The first kappa shape index (κ1) is 15.2. The molecule has 0 unspecified atom stereocenters. The SMILES string of the molecule is COc1cccc(NCc2cc(=O)oc3cc(C)c(C)cc23)c1. The average molecular weight is 309 g/mol. The summed E-state index contributed by atoms with van der Waals surface area (Å²) < 4.78 is 10.5. The summed E-state index contributed by atoms with van der Waals surface area (Å²) in [6.07, 6.45) is 0. The summed E-state index contributed by atoms with van der Waals surface area (Å²) in [5, 5.41) is 4.29. The van der Waals surface area contributed by atoms with E-state index in [2.05, 4.69) is 18.3 Å². The third-order valence-electron chi connectivity index (χ3n) is 4.00. The minimum absolute atomic E-state index is 0.330. The number of aryl methyl sites for hydroxylation is 2. The number of ether oxygens (including phenoxy) is 1. The van der Waals surface area contributed by atoms with E-state index in [-0.39, 0.29) is 5.63 Å². The van der Waals surface area contributed by atoms with E-state index in [1.807, 2.05) is 37.3 Å². The minimum atomic E-state index is -0.330. The molecule has 1 heterocycles. The highest BCUT2D eigenvalue weighted by atomic mass is 16.5. The van der Waals surface area contributed by atoms with Gasteiger partial charge in [-0.1, -0.05) is 6.07 Å². The molecule has 1 aromatic heterocycles. The fourth-order valence-electron chi connectivity index (χ4n) is 2.56. The summed E-state index contributed by atoms with van der Waals surface area (Å²) in [4.78, 5) is 11.8. The first-order valence-corrected chi connectivity index (χ1v) is 7.49. The molecule has 0 aliphatic rings. The van der Waals surface area contributed by atoms with Crippen molar-refractivity contribution in [3.05, 3.63) is 69.6 Å². The smallest absolute Gasteiger partial charge is 0.336 e. The molecule has 0 aliphatic heterocycles. The van der Waals surface area contributed by atoms with Crippen LogP contribution in [0.3, 0.4) is 0 Å². The van der Waals surface area contributed by atoms with E-state index >= 15 is 0 Å². The van der Waals surface area contributed by atoms with E-state index in [1.165, 1.54) is 5.56 Å². The molecule has 23 heavy (non-hydrogen) atoms. The maximum Gasteiger partial charge on any atom is 0.336 e. The van der Waals surface area contributed by atoms with Crippen molar-refractivity contribution in [1.29, 1.82) is 0 Å². The number of hydrogen-bond donors (Lipinski definition) is 1. The van der Waals surface area contributed by atoms with Gasteiger partial charge in [0.25, 0.3) is 0 Å². The Kier molecular flexibility index (Phi) is 4.06. The van der Waals surface area contributed by atoms with Crippen molar-refractivity contribution in [1.82, 2.24) is 0 Å². The van der Waals surface area contributed by atoms with E-state index < -0.39 is 0 Å². The van der Waals surface area contributed by atoms with Crippen molar-refractivity contribution in [2.45, 2.75) is 20.4 Å². The van der Waals surface area contributed by atoms with Gasteiger partial charge in [-0.3, -0.25) is 0 Å². The monoisotopic (exact) mass is 309 g/mol. The van der Waals surface area contributed by atoms with E-state index in [0.29, 0.717) is 12.1 Å². The lowest BCUT2D eigenvalue weighted by Gasteiger charge is -2.11.